The summed E-state index contributed by atoms with van der Waals surface area (Å²) in [4.78, 5) is 22.8. The standard InChI is InChI=1S/C13H20O4/c1-6-16-11(14)9-8-10(13(3,4)5)12(15)17-7-2/h9H,6-7H2,1-5H3. The summed E-state index contributed by atoms with van der Waals surface area (Å²) in [7, 11) is 0. The van der Waals surface area contributed by atoms with E-state index in [1.54, 1.807) is 13.8 Å². The van der Waals surface area contributed by atoms with Crippen LogP contribution >= 0.6 is 0 Å². The van der Waals surface area contributed by atoms with Gasteiger partial charge in [-0.2, -0.15) is 0 Å². The molecule has 0 spiro atoms. The maximum absolute atomic E-state index is 11.7. The van der Waals surface area contributed by atoms with E-state index in [-0.39, 0.29) is 0 Å². The second kappa shape index (κ2) is 6.92. The Morgan fingerprint density at radius 2 is 1.65 bits per heavy atom. The summed E-state index contributed by atoms with van der Waals surface area (Å²) in [5, 5.41) is 0. The van der Waals surface area contributed by atoms with Gasteiger partial charge >= 0.3 is 11.9 Å². The maximum Gasteiger partial charge on any atom is 0.342 e. The Morgan fingerprint density at radius 1 is 1.12 bits per heavy atom. The van der Waals surface area contributed by atoms with E-state index in [1.807, 2.05) is 20.8 Å². The number of hydrogen-bond donors (Lipinski definition) is 0. The van der Waals surface area contributed by atoms with E-state index in [2.05, 4.69) is 5.73 Å². The summed E-state index contributed by atoms with van der Waals surface area (Å²) >= 11 is 0. The van der Waals surface area contributed by atoms with Crippen molar-refractivity contribution in [2.24, 2.45) is 5.41 Å². The zero-order chi connectivity index (χ0) is 13.5. The molecule has 0 saturated heterocycles. The summed E-state index contributed by atoms with van der Waals surface area (Å²) in [5.41, 5.74) is 2.56. The first-order chi connectivity index (χ1) is 7.82. The van der Waals surface area contributed by atoms with Crippen molar-refractivity contribution in [1.29, 1.82) is 0 Å². The molecule has 0 aliphatic rings. The number of carbonyl (C=O) groups excluding carboxylic acids is 2. The molecule has 4 nitrogen and oxygen atoms in total. The molecule has 0 heterocycles. The summed E-state index contributed by atoms with van der Waals surface area (Å²) in [6.07, 6.45) is 1.13. The van der Waals surface area contributed by atoms with E-state index < -0.39 is 17.4 Å². The van der Waals surface area contributed by atoms with Gasteiger partial charge in [0.25, 0.3) is 0 Å². The van der Waals surface area contributed by atoms with Crippen molar-refractivity contribution in [3.8, 4) is 0 Å². The zero-order valence-electron chi connectivity index (χ0n) is 11.1. The van der Waals surface area contributed by atoms with Crippen molar-refractivity contribution in [2.75, 3.05) is 13.2 Å². The van der Waals surface area contributed by atoms with E-state index in [1.165, 1.54) is 0 Å². The van der Waals surface area contributed by atoms with Gasteiger partial charge in [0.15, 0.2) is 0 Å². The molecule has 0 saturated carbocycles. The van der Waals surface area contributed by atoms with Gasteiger partial charge in [0, 0.05) is 5.41 Å². The van der Waals surface area contributed by atoms with Gasteiger partial charge in [0.05, 0.1) is 24.9 Å². The van der Waals surface area contributed by atoms with Crippen molar-refractivity contribution in [3.63, 3.8) is 0 Å². The van der Waals surface area contributed by atoms with Gasteiger partial charge in [0.1, 0.15) is 0 Å². The Labute approximate surface area is 102 Å². The van der Waals surface area contributed by atoms with Gasteiger partial charge in [-0.3, -0.25) is 0 Å². The molecule has 96 valence electrons. The number of carbonyl (C=O) groups is 2. The fraction of sp³-hybridized carbons (Fsp3) is 0.615. The number of ether oxygens (including phenoxy) is 2. The SMILES string of the molecule is CCOC(=O)C=C=C(C(=O)OCC)C(C)(C)C. The summed E-state index contributed by atoms with van der Waals surface area (Å²) in [6.45, 7) is 9.58. The molecule has 4 heteroatoms. The summed E-state index contributed by atoms with van der Waals surface area (Å²) in [6, 6.07) is 0. The predicted molar refractivity (Wildman–Crippen MR) is 64.3 cm³/mol. The molecule has 0 aromatic heterocycles. The molecule has 0 atom stereocenters. The molecule has 0 aromatic rings. The molecule has 0 rings (SSSR count). The first kappa shape index (κ1) is 15.5. The molecule has 0 amide bonds. The minimum Gasteiger partial charge on any atom is -0.462 e. The number of esters is 2. The molecular formula is C13H20O4. The number of hydrogen-bond acceptors (Lipinski definition) is 4. The minimum atomic E-state index is -0.515. The van der Waals surface area contributed by atoms with Gasteiger partial charge < -0.3 is 9.47 Å². The largest absolute Gasteiger partial charge is 0.462 e. The highest BCUT2D eigenvalue weighted by Gasteiger charge is 2.24. The average Bonchev–Trinajstić information content (AvgIpc) is 2.16. The van der Waals surface area contributed by atoms with E-state index >= 15 is 0 Å². The number of rotatable bonds is 4. The van der Waals surface area contributed by atoms with E-state index in [4.69, 9.17) is 9.47 Å². The monoisotopic (exact) mass is 240 g/mol. The van der Waals surface area contributed by atoms with Crippen molar-refractivity contribution in [2.45, 2.75) is 34.6 Å². The molecule has 0 aliphatic carbocycles. The van der Waals surface area contributed by atoms with Crippen LogP contribution in [0.5, 0.6) is 0 Å². The van der Waals surface area contributed by atoms with Gasteiger partial charge in [-0.1, -0.05) is 20.8 Å². The van der Waals surface area contributed by atoms with Gasteiger partial charge in [-0.15, -0.1) is 5.73 Å². The van der Waals surface area contributed by atoms with Crippen LogP contribution in [0.25, 0.3) is 0 Å². The van der Waals surface area contributed by atoms with E-state index in [0.717, 1.165) is 6.08 Å². The highest BCUT2D eigenvalue weighted by molar-refractivity contribution is 5.91. The molecule has 0 bridgehead atoms. The van der Waals surface area contributed by atoms with Gasteiger partial charge in [0.2, 0.25) is 0 Å². The van der Waals surface area contributed by atoms with Crippen molar-refractivity contribution >= 4 is 11.9 Å². The van der Waals surface area contributed by atoms with Crippen molar-refractivity contribution in [3.05, 3.63) is 17.4 Å². The third-order valence-electron chi connectivity index (χ3n) is 1.85. The van der Waals surface area contributed by atoms with Crippen molar-refractivity contribution < 1.29 is 19.1 Å². The van der Waals surface area contributed by atoms with E-state index in [9.17, 15) is 9.59 Å². The van der Waals surface area contributed by atoms with Gasteiger partial charge in [-0.05, 0) is 13.8 Å². The molecule has 0 N–H and O–H groups in total. The predicted octanol–water partition coefficient (Wildman–Crippen LogP) is 2.24. The van der Waals surface area contributed by atoms with Crippen LogP contribution in [-0.2, 0) is 19.1 Å². The Morgan fingerprint density at radius 3 is 2.06 bits per heavy atom. The van der Waals surface area contributed by atoms with Crippen LogP contribution in [0.2, 0.25) is 0 Å². The quantitative estimate of drug-likeness (QED) is 0.429. The van der Waals surface area contributed by atoms with Crippen molar-refractivity contribution in [1.82, 2.24) is 0 Å². The summed E-state index contributed by atoms with van der Waals surface area (Å²) < 4.78 is 9.63. The Balaban J connectivity index is 5.13. The first-order valence-electron chi connectivity index (χ1n) is 5.64. The zero-order valence-corrected chi connectivity index (χ0v) is 11.1. The minimum absolute atomic E-state index is 0.291. The lowest BCUT2D eigenvalue weighted by atomic mass is 9.87. The van der Waals surface area contributed by atoms with Crippen LogP contribution in [0, 0.1) is 5.41 Å². The third kappa shape index (κ3) is 5.93. The molecular weight excluding hydrogens is 220 g/mol. The smallest absolute Gasteiger partial charge is 0.342 e. The van der Waals surface area contributed by atoms with Gasteiger partial charge in [-0.25, -0.2) is 9.59 Å². The lowest BCUT2D eigenvalue weighted by Gasteiger charge is -2.18. The maximum atomic E-state index is 11.7. The van der Waals surface area contributed by atoms with Crippen LogP contribution in [0.1, 0.15) is 34.6 Å². The van der Waals surface area contributed by atoms with Crippen LogP contribution in [0.15, 0.2) is 17.4 Å². The highest BCUT2D eigenvalue weighted by Crippen LogP contribution is 2.25. The molecule has 0 fully saturated rings. The highest BCUT2D eigenvalue weighted by atomic mass is 16.5. The fourth-order valence-corrected chi connectivity index (χ4v) is 1.10. The second-order valence-electron chi connectivity index (χ2n) is 4.39. The van der Waals surface area contributed by atoms with Crippen LogP contribution in [0.4, 0.5) is 0 Å². The van der Waals surface area contributed by atoms with Crippen LogP contribution < -0.4 is 0 Å². The average molecular weight is 240 g/mol. The molecule has 17 heavy (non-hydrogen) atoms. The van der Waals surface area contributed by atoms with E-state index in [0.29, 0.717) is 18.8 Å². The Hall–Kier alpha value is -1.54. The second-order valence-corrected chi connectivity index (χ2v) is 4.39. The lowest BCUT2D eigenvalue weighted by molar-refractivity contribution is -0.139. The topological polar surface area (TPSA) is 52.6 Å². The molecule has 0 radical (unpaired) electrons. The van der Waals surface area contributed by atoms with Crippen LogP contribution in [-0.4, -0.2) is 25.2 Å². The third-order valence-corrected chi connectivity index (χ3v) is 1.85. The Bertz CT molecular complexity index is 341. The molecule has 0 aliphatic heterocycles. The fourth-order valence-electron chi connectivity index (χ4n) is 1.10. The molecule has 0 aromatic carbocycles. The summed E-state index contributed by atoms with van der Waals surface area (Å²) in [5.74, 6) is -0.973. The Kier molecular flexibility index (Phi) is 6.29. The lowest BCUT2D eigenvalue weighted by Crippen LogP contribution is -2.19. The molecule has 0 unspecified atom stereocenters. The normalized spacial score (nSPS) is 10.2. The van der Waals surface area contributed by atoms with Crippen LogP contribution in [0.3, 0.4) is 0 Å². The first-order valence-corrected chi connectivity index (χ1v) is 5.64.